The predicted molar refractivity (Wildman–Crippen MR) is 183 cm³/mol. The molecule has 0 bridgehead atoms. The Morgan fingerprint density at radius 1 is 0.542 bits per heavy atom. The maximum atomic E-state index is 12.7. The number of aliphatic hydroxyl groups is 1. The second-order valence-electron chi connectivity index (χ2n) is 11.8. The first-order valence-electron chi connectivity index (χ1n) is 16.3. The molecule has 5 atom stereocenters. The molecule has 248 valence electrons. The highest BCUT2D eigenvalue weighted by molar-refractivity contribution is 5.28. The number of ether oxygens (including phenoxy) is 6. The summed E-state index contributed by atoms with van der Waals surface area (Å²) in [4.78, 5) is 0. The lowest BCUT2D eigenvalue weighted by Crippen LogP contribution is -2.65. The highest BCUT2D eigenvalue weighted by atomic mass is 16.7. The van der Waals surface area contributed by atoms with Crippen molar-refractivity contribution in [1.29, 1.82) is 0 Å². The topological polar surface area (TPSA) is 75.6 Å². The Morgan fingerprint density at radius 3 is 1.54 bits per heavy atom. The van der Waals surface area contributed by atoms with Crippen molar-refractivity contribution >= 4 is 0 Å². The minimum absolute atomic E-state index is 0.153. The van der Waals surface area contributed by atoms with Gasteiger partial charge in [0.25, 0.3) is 0 Å². The molecule has 7 heteroatoms. The molecule has 0 aliphatic carbocycles. The maximum Gasteiger partial charge on any atom is 0.222 e. The zero-order valence-corrected chi connectivity index (χ0v) is 27.1. The van der Waals surface area contributed by atoms with Gasteiger partial charge in [0.15, 0.2) is 0 Å². The summed E-state index contributed by atoms with van der Waals surface area (Å²) in [5, 5.41) is 12.7. The Bertz CT molecular complexity index is 1640. The van der Waals surface area contributed by atoms with Crippen LogP contribution in [0.1, 0.15) is 27.8 Å². The Morgan fingerprint density at radius 2 is 1.00 bits per heavy atom. The van der Waals surface area contributed by atoms with Crippen LogP contribution in [0.4, 0.5) is 0 Å². The molecule has 1 aliphatic heterocycles. The fraction of sp³-hybridized carbons (Fsp3) is 0.268. The van der Waals surface area contributed by atoms with Gasteiger partial charge in [-0.25, -0.2) is 0 Å². The van der Waals surface area contributed by atoms with Crippen LogP contribution < -0.4 is 4.74 Å². The third-order valence-electron chi connectivity index (χ3n) is 8.45. The number of methoxy groups -OCH3 is 1. The summed E-state index contributed by atoms with van der Waals surface area (Å²) in [7, 11) is 1.63. The minimum atomic E-state index is -1.89. The molecule has 0 saturated carbocycles. The van der Waals surface area contributed by atoms with Crippen LogP contribution >= 0.6 is 0 Å². The van der Waals surface area contributed by atoms with Crippen LogP contribution in [0.15, 0.2) is 146 Å². The van der Waals surface area contributed by atoms with E-state index in [1.165, 1.54) is 0 Å². The molecule has 0 amide bonds. The van der Waals surface area contributed by atoms with Crippen molar-refractivity contribution in [2.24, 2.45) is 0 Å². The zero-order valence-electron chi connectivity index (χ0n) is 27.1. The first-order valence-corrected chi connectivity index (χ1v) is 16.3. The van der Waals surface area contributed by atoms with Gasteiger partial charge in [-0.1, -0.05) is 133 Å². The second kappa shape index (κ2) is 16.7. The molecule has 5 aromatic carbocycles. The molecule has 1 saturated heterocycles. The van der Waals surface area contributed by atoms with Crippen molar-refractivity contribution in [1.82, 2.24) is 0 Å². The van der Waals surface area contributed by atoms with E-state index < -0.39 is 30.2 Å². The van der Waals surface area contributed by atoms with Gasteiger partial charge in [0.1, 0.15) is 30.2 Å². The molecule has 6 rings (SSSR count). The summed E-state index contributed by atoms with van der Waals surface area (Å²) in [6.07, 6.45) is -3.09. The minimum Gasteiger partial charge on any atom is -0.497 e. The van der Waals surface area contributed by atoms with Crippen molar-refractivity contribution in [2.45, 2.75) is 56.6 Å². The van der Waals surface area contributed by atoms with Crippen molar-refractivity contribution in [3.8, 4) is 5.75 Å². The van der Waals surface area contributed by atoms with E-state index in [0.717, 1.165) is 28.0 Å². The summed E-state index contributed by atoms with van der Waals surface area (Å²) in [5.41, 5.74) is 4.48. The first kappa shape index (κ1) is 33.6. The summed E-state index contributed by atoms with van der Waals surface area (Å²) in [5.74, 6) is -1.14. The van der Waals surface area contributed by atoms with Crippen molar-refractivity contribution < 1.29 is 33.5 Å². The van der Waals surface area contributed by atoms with Gasteiger partial charge in [-0.05, 0) is 34.4 Å². The van der Waals surface area contributed by atoms with Crippen LogP contribution in [0.2, 0.25) is 0 Å². The number of rotatable bonds is 15. The van der Waals surface area contributed by atoms with E-state index in [4.69, 9.17) is 28.4 Å². The Labute approximate surface area is 282 Å². The van der Waals surface area contributed by atoms with Gasteiger partial charge in [-0.15, -0.1) is 0 Å². The molecule has 0 spiro atoms. The molecule has 48 heavy (non-hydrogen) atoms. The van der Waals surface area contributed by atoms with Gasteiger partial charge in [0, 0.05) is 5.56 Å². The van der Waals surface area contributed by atoms with Crippen LogP contribution in [0.5, 0.6) is 5.75 Å². The van der Waals surface area contributed by atoms with Crippen molar-refractivity contribution in [3.63, 3.8) is 0 Å². The van der Waals surface area contributed by atoms with Crippen molar-refractivity contribution in [3.05, 3.63) is 173 Å². The van der Waals surface area contributed by atoms with Gasteiger partial charge in [-0.2, -0.15) is 0 Å². The standard InChI is InChI=1S/C41H42O7/c1-43-36-24-22-34(23-25-36)29-47-40-39(46-28-33-18-10-4-11-19-33)38(45-27-32-16-8-3-9-17-32)37(30-44-26-31-14-6-2-7-15-31)48-41(40,42)35-20-12-5-13-21-35/h2-25,37-40,42H,26-30H2,1H3/t37-,38-,39+,40+,41-/m1/s1. The predicted octanol–water partition coefficient (Wildman–Crippen LogP) is 7.21. The number of hydrogen-bond donors (Lipinski definition) is 1. The molecule has 1 N–H and O–H groups in total. The van der Waals surface area contributed by atoms with Gasteiger partial charge >= 0.3 is 0 Å². The molecule has 1 heterocycles. The second-order valence-corrected chi connectivity index (χ2v) is 11.8. The number of benzene rings is 5. The normalized spacial score (nSPS) is 22.3. The smallest absolute Gasteiger partial charge is 0.222 e. The molecular weight excluding hydrogens is 604 g/mol. The number of hydrogen-bond acceptors (Lipinski definition) is 7. The van der Waals surface area contributed by atoms with Crippen LogP contribution in [-0.2, 0) is 55.9 Å². The molecular formula is C41H42O7. The van der Waals surface area contributed by atoms with Gasteiger partial charge < -0.3 is 33.5 Å². The first-order chi connectivity index (χ1) is 23.6. The van der Waals surface area contributed by atoms with Crippen LogP contribution in [0, 0.1) is 0 Å². The van der Waals surface area contributed by atoms with E-state index in [1.54, 1.807) is 7.11 Å². The van der Waals surface area contributed by atoms with E-state index in [-0.39, 0.29) is 19.8 Å². The average Bonchev–Trinajstić information content (AvgIpc) is 3.15. The van der Waals surface area contributed by atoms with Crippen LogP contribution in [-0.4, -0.2) is 43.2 Å². The molecule has 5 aromatic rings. The molecule has 0 radical (unpaired) electrons. The quantitative estimate of drug-likeness (QED) is 0.129. The average molecular weight is 647 g/mol. The van der Waals surface area contributed by atoms with Crippen LogP contribution in [0.3, 0.4) is 0 Å². The van der Waals surface area contributed by atoms with E-state index >= 15 is 0 Å². The lowest BCUT2D eigenvalue weighted by Gasteiger charge is -2.50. The highest BCUT2D eigenvalue weighted by Crippen LogP contribution is 2.41. The third-order valence-corrected chi connectivity index (χ3v) is 8.45. The maximum absolute atomic E-state index is 12.7. The Kier molecular flexibility index (Phi) is 11.6. The van der Waals surface area contributed by atoms with E-state index in [9.17, 15) is 5.11 Å². The summed E-state index contributed by atoms with van der Waals surface area (Å²) < 4.78 is 38.4. The summed E-state index contributed by atoms with van der Waals surface area (Å²) in [6, 6.07) is 46.8. The van der Waals surface area contributed by atoms with Gasteiger partial charge in [0.2, 0.25) is 5.79 Å². The Hall–Kier alpha value is -4.34. The zero-order chi connectivity index (χ0) is 33.0. The van der Waals surface area contributed by atoms with E-state index in [1.807, 2.05) is 146 Å². The van der Waals surface area contributed by atoms with E-state index in [2.05, 4.69) is 0 Å². The molecule has 7 nitrogen and oxygen atoms in total. The largest absolute Gasteiger partial charge is 0.497 e. The molecule has 0 aromatic heterocycles. The van der Waals surface area contributed by atoms with E-state index in [0.29, 0.717) is 18.8 Å². The summed E-state index contributed by atoms with van der Waals surface area (Å²) in [6.45, 7) is 1.31. The third kappa shape index (κ3) is 8.57. The lowest BCUT2D eigenvalue weighted by molar-refractivity contribution is -0.378. The molecule has 1 fully saturated rings. The highest BCUT2D eigenvalue weighted by Gasteiger charge is 2.57. The fourth-order valence-corrected chi connectivity index (χ4v) is 5.91. The molecule has 1 aliphatic rings. The van der Waals surface area contributed by atoms with Gasteiger partial charge in [-0.3, -0.25) is 0 Å². The van der Waals surface area contributed by atoms with Crippen LogP contribution in [0.25, 0.3) is 0 Å². The molecule has 0 unspecified atom stereocenters. The Balaban J connectivity index is 1.36. The fourth-order valence-electron chi connectivity index (χ4n) is 5.91. The lowest BCUT2D eigenvalue weighted by atomic mass is 9.87. The SMILES string of the molecule is COc1ccc(CO[C@H]2[C@@H](OCc3ccccc3)[C@H](OCc3ccccc3)[C@@H](COCc3ccccc3)O[C@]2(O)c2ccccc2)cc1. The van der Waals surface area contributed by atoms with Crippen molar-refractivity contribution in [2.75, 3.05) is 13.7 Å². The summed E-state index contributed by atoms with van der Waals surface area (Å²) >= 11 is 0. The van der Waals surface area contributed by atoms with Gasteiger partial charge in [0.05, 0.1) is 40.1 Å². The monoisotopic (exact) mass is 646 g/mol.